The molecule has 0 fully saturated rings. The van der Waals surface area contributed by atoms with Gasteiger partial charge in [-0.25, -0.2) is 13.1 Å². The van der Waals surface area contributed by atoms with Crippen molar-refractivity contribution in [1.29, 1.82) is 0 Å². The minimum absolute atomic E-state index is 0.0239. The van der Waals surface area contributed by atoms with Crippen molar-refractivity contribution >= 4 is 32.6 Å². The van der Waals surface area contributed by atoms with Crippen molar-refractivity contribution in [3.8, 4) is 0 Å². The number of sulfonamides is 1. The summed E-state index contributed by atoms with van der Waals surface area (Å²) < 4.78 is 27.5. The standard InChI is InChI=1S/C12H19IN2O4S/c13-11-1-3-12(4-2-11)20(18,19)14-5-6-15(7-9-16)8-10-17/h1-4,14,16-17H,5-10H2. The van der Waals surface area contributed by atoms with Gasteiger partial charge in [0.25, 0.3) is 0 Å². The highest BCUT2D eigenvalue weighted by molar-refractivity contribution is 14.1. The summed E-state index contributed by atoms with van der Waals surface area (Å²) >= 11 is 2.11. The molecule has 0 amide bonds. The first-order valence-electron chi connectivity index (χ1n) is 6.19. The highest BCUT2D eigenvalue weighted by Gasteiger charge is 2.13. The van der Waals surface area contributed by atoms with Crippen molar-refractivity contribution in [1.82, 2.24) is 9.62 Å². The van der Waals surface area contributed by atoms with Crippen LogP contribution < -0.4 is 4.72 Å². The van der Waals surface area contributed by atoms with Gasteiger partial charge in [0.15, 0.2) is 0 Å². The Labute approximate surface area is 133 Å². The molecule has 0 heterocycles. The maximum absolute atomic E-state index is 12.0. The molecule has 114 valence electrons. The van der Waals surface area contributed by atoms with Crippen LogP contribution >= 0.6 is 22.6 Å². The molecule has 0 saturated carbocycles. The van der Waals surface area contributed by atoms with Gasteiger partial charge in [0, 0.05) is 29.7 Å². The zero-order valence-corrected chi connectivity index (χ0v) is 14.0. The van der Waals surface area contributed by atoms with Crippen LogP contribution in [0.25, 0.3) is 0 Å². The Bertz CT molecular complexity index is 487. The molecule has 0 atom stereocenters. The normalized spacial score (nSPS) is 12.0. The first-order valence-corrected chi connectivity index (χ1v) is 8.75. The minimum atomic E-state index is -3.51. The molecule has 0 aromatic heterocycles. The quantitative estimate of drug-likeness (QED) is 0.490. The fourth-order valence-corrected chi connectivity index (χ4v) is 3.03. The van der Waals surface area contributed by atoms with Gasteiger partial charge in [0.1, 0.15) is 0 Å². The molecule has 0 aliphatic heterocycles. The molecule has 1 aromatic carbocycles. The van der Waals surface area contributed by atoms with Crippen LogP contribution in [0.3, 0.4) is 0 Å². The van der Waals surface area contributed by atoms with Crippen LogP contribution in [0.15, 0.2) is 29.2 Å². The number of hydrogen-bond donors (Lipinski definition) is 3. The molecule has 8 heteroatoms. The summed E-state index contributed by atoms with van der Waals surface area (Å²) in [5.41, 5.74) is 0. The van der Waals surface area contributed by atoms with Crippen LogP contribution in [-0.4, -0.2) is 62.9 Å². The second-order valence-electron chi connectivity index (χ2n) is 4.14. The Balaban J connectivity index is 2.52. The summed E-state index contributed by atoms with van der Waals surface area (Å²) in [6.07, 6.45) is 0. The van der Waals surface area contributed by atoms with E-state index in [0.29, 0.717) is 19.6 Å². The molecule has 6 nitrogen and oxygen atoms in total. The van der Waals surface area contributed by atoms with Gasteiger partial charge in [0.2, 0.25) is 10.0 Å². The van der Waals surface area contributed by atoms with E-state index in [1.807, 2.05) is 0 Å². The van der Waals surface area contributed by atoms with Gasteiger partial charge in [-0.3, -0.25) is 4.90 Å². The largest absolute Gasteiger partial charge is 0.395 e. The summed E-state index contributed by atoms with van der Waals surface area (Å²) in [6, 6.07) is 6.59. The Morgan fingerprint density at radius 3 is 2.10 bits per heavy atom. The van der Waals surface area contributed by atoms with Gasteiger partial charge in [-0.05, 0) is 46.9 Å². The Kier molecular flexibility index (Phi) is 7.92. The number of aliphatic hydroxyl groups is 2. The predicted octanol–water partition coefficient (Wildman–Crippen LogP) is -0.144. The van der Waals surface area contributed by atoms with Crippen molar-refractivity contribution in [3.05, 3.63) is 27.8 Å². The zero-order chi connectivity index (χ0) is 15.0. The van der Waals surface area contributed by atoms with E-state index in [1.165, 1.54) is 0 Å². The third-order valence-corrected chi connectivity index (χ3v) is 4.87. The third kappa shape index (κ3) is 6.02. The Hall–Kier alpha value is -0.260. The van der Waals surface area contributed by atoms with Gasteiger partial charge >= 0.3 is 0 Å². The topological polar surface area (TPSA) is 89.9 Å². The zero-order valence-electron chi connectivity index (χ0n) is 11.0. The van der Waals surface area contributed by atoms with Gasteiger partial charge in [-0.1, -0.05) is 0 Å². The molecular weight excluding hydrogens is 395 g/mol. The second-order valence-corrected chi connectivity index (χ2v) is 7.15. The molecule has 1 aromatic rings. The second kappa shape index (κ2) is 8.90. The van der Waals surface area contributed by atoms with Crippen LogP contribution in [0.2, 0.25) is 0 Å². The minimum Gasteiger partial charge on any atom is -0.395 e. The Morgan fingerprint density at radius 1 is 1.05 bits per heavy atom. The highest BCUT2D eigenvalue weighted by Crippen LogP contribution is 2.11. The summed E-state index contributed by atoms with van der Waals surface area (Å²) in [5.74, 6) is 0. The van der Waals surface area contributed by atoms with Gasteiger partial charge < -0.3 is 10.2 Å². The van der Waals surface area contributed by atoms with E-state index in [1.54, 1.807) is 29.2 Å². The van der Waals surface area contributed by atoms with E-state index in [9.17, 15) is 8.42 Å². The number of nitrogens with one attached hydrogen (secondary N) is 1. The van der Waals surface area contributed by atoms with E-state index >= 15 is 0 Å². The van der Waals surface area contributed by atoms with Crippen molar-refractivity contribution < 1.29 is 18.6 Å². The monoisotopic (exact) mass is 414 g/mol. The number of aliphatic hydroxyl groups excluding tert-OH is 2. The lowest BCUT2D eigenvalue weighted by atomic mass is 10.4. The van der Waals surface area contributed by atoms with E-state index in [-0.39, 0.29) is 24.7 Å². The molecule has 1 rings (SSSR count). The fraction of sp³-hybridized carbons (Fsp3) is 0.500. The third-order valence-electron chi connectivity index (χ3n) is 2.68. The van der Waals surface area contributed by atoms with E-state index in [4.69, 9.17) is 10.2 Å². The maximum Gasteiger partial charge on any atom is 0.240 e. The lowest BCUT2D eigenvalue weighted by molar-refractivity contribution is 0.163. The first-order chi connectivity index (χ1) is 9.49. The van der Waals surface area contributed by atoms with Gasteiger partial charge in [-0.2, -0.15) is 0 Å². The molecular formula is C12H19IN2O4S. The molecule has 0 aliphatic rings. The van der Waals surface area contributed by atoms with Crippen LogP contribution in [0.1, 0.15) is 0 Å². The lowest BCUT2D eigenvalue weighted by Gasteiger charge is -2.20. The number of nitrogens with zero attached hydrogens (tertiary/aromatic N) is 1. The van der Waals surface area contributed by atoms with Gasteiger partial charge in [0.05, 0.1) is 18.1 Å². The van der Waals surface area contributed by atoms with Crippen LogP contribution in [-0.2, 0) is 10.0 Å². The van der Waals surface area contributed by atoms with Crippen LogP contribution in [0.4, 0.5) is 0 Å². The van der Waals surface area contributed by atoms with E-state index in [2.05, 4.69) is 27.3 Å². The summed E-state index contributed by atoms with van der Waals surface area (Å²) in [5, 5.41) is 17.7. The first kappa shape index (κ1) is 17.8. The lowest BCUT2D eigenvalue weighted by Crippen LogP contribution is -2.37. The number of halogens is 1. The predicted molar refractivity (Wildman–Crippen MR) is 85.0 cm³/mol. The fourth-order valence-electron chi connectivity index (χ4n) is 1.65. The molecule has 0 radical (unpaired) electrons. The molecule has 20 heavy (non-hydrogen) atoms. The van der Waals surface area contributed by atoms with Crippen LogP contribution in [0.5, 0.6) is 0 Å². The number of hydrogen-bond acceptors (Lipinski definition) is 5. The van der Waals surface area contributed by atoms with Crippen molar-refractivity contribution in [3.63, 3.8) is 0 Å². The summed E-state index contributed by atoms with van der Waals surface area (Å²) in [7, 11) is -3.51. The van der Waals surface area contributed by atoms with Crippen LogP contribution in [0, 0.1) is 3.57 Å². The molecule has 0 bridgehead atoms. The van der Waals surface area contributed by atoms with E-state index < -0.39 is 10.0 Å². The molecule has 3 N–H and O–H groups in total. The smallest absolute Gasteiger partial charge is 0.240 e. The average molecular weight is 414 g/mol. The van der Waals surface area contributed by atoms with Crippen molar-refractivity contribution in [2.75, 3.05) is 39.4 Å². The van der Waals surface area contributed by atoms with Crippen molar-refractivity contribution in [2.45, 2.75) is 4.90 Å². The molecule has 0 unspecified atom stereocenters. The van der Waals surface area contributed by atoms with Crippen molar-refractivity contribution in [2.24, 2.45) is 0 Å². The molecule has 0 spiro atoms. The summed E-state index contributed by atoms with van der Waals surface area (Å²) in [4.78, 5) is 2.02. The van der Waals surface area contributed by atoms with Gasteiger partial charge in [-0.15, -0.1) is 0 Å². The maximum atomic E-state index is 12.0. The molecule has 0 aliphatic carbocycles. The average Bonchev–Trinajstić information content (AvgIpc) is 2.39. The Morgan fingerprint density at radius 2 is 1.60 bits per heavy atom. The molecule has 0 saturated heterocycles. The highest BCUT2D eigenvalue weighted by atomic mass is 127. The van der Waals surface area contributed by atoms with E-state index in [0.717, 1.165) is 3.57 Å². The number of rotatable bonds is 9. The summed E-state index contributed by atoms with van der Waals surface area (Å²) in [6.45, 7) is 1.43. The number of benzene rings is 1. The SMILES string of the molecule is O=S(=O)(NCCN(CCO)CCO)c1ccc(I)cc1.